The minimum atomic E-state index is -0.300. The second kappa shape index (κ2) is 7.38. The molecule has 0 N–H and O–H groups in total. The Morgan fingerprint density at radius 1 is 1.09 bits per heavy atom. The third-order valence-electron chi connectivity index (χ3n) is 4.07. The highest BCUT2D eigenvalue weighted by Crippen LogP contribution is 2.34. The van der Waals surface area contributed by atoms with Crippen LogP contribution in [0.1, 0.15) is 73.9 Å². The number of rotatable bonds is 6. The van der Waals surface area contributed by atoms with Crippen LogP contribution in [0.4, 0.5) is 0 Å². The van der Waals surface area contributed by atoms with E-state index in [1.54, 1.807) is 0 Å². The smallest absolute Gasteiger partial charge is 0.184 e. The molecule has 1 aliphatic rings. The van der Waals surface area contributed by atoms with Crippen molar-refractivity contribution in [3.63, 3.8) is 0 Å². The van der Waals surface area contributed by atoms with Crippen LogP contribution in [0.15, 0.2) is 12.1 Å². The highest BCUT2D eigenvalue weighted by atomic mass is 16.7. The van der Waals surface area contributed by atoms with Crippen LogP contribution in [0.3, 0.4) is 0 Å². The molecule has 1 saturated heterocycles. The van der Waals surface area contributed by atoms with Gasteiger partial charge in [-0.15, -0.1) is 0 Å². The molecule has 2 rings (SSSR count). The summed E-state index contributed by atoms with van der Waals surface area (Å²) in [5.74, 6) is 0. The molecule has 0 radical (unpaired) electrons. The molecule has 1 aromatic carbocycles. The van der Waals surface area contributed by atoms with Gasteiger partial charge < -0.3 is 9.47 Å². The summed E-state index contributed by atoms with van der Waals surface area (Å²) in [4.78, 5) is 11.4. The molecule has 0 saturated carbocycles. The zero-order chi connectivity index (χ0) is 16.2. The van der Waals surface area contributed by atoms with Crippen molar-refractivity contribution in [2.75, 3.05) is 13.2 Å². The number of aldehydes is 1. The SMILES string of the molecule is CCCc1cc(C2OCC(C)(C)CO2)c(CCC)cc1C=O. The van der Waals surface area contributed by atoms with E-state index < -0.39 is 0 Å². The number of aryl methyl sites for hydroxylation is 2. The summed E-state index contributed by atoms with van der Waals surface area (Å²) in [6, 6.07) is 4.16. The van der Waals surface area contributed by atoms with Crippen molar-refractivity contribution in [3.8, 4) is 0 Å². The van der Waals surface area contributed by atoms with Crippen LogP contribution in [0.2, 0.25) is 0 Å². The maximum Gasteiger partial charge on any atom is 0.184 e. The van der Waals surface area contributed by atoms with Crippen LogP contribution in [0, 0.1) is 5.41 Å². The zero-order valence-electron chi connectivity index (χ0n) is 14.3. The van der Waals surface area contributed by atoms with Crippen LogP contribution in [-0.4, -0.2) is 19.5 Å². The molecule has 0 bridgehead atoms. The van der Waals surface area contributed by atoms with E-state index >= 15 is 0 Å². The maximum atomic E-state index is 11.4. The number of hydrogen-bond donors (Lipinski definition) is 0. The molecule has 0 aromatic heterocycles. The van der Waals surface area contributed by atoms with Crippen LogP contribution in [0.5, 0.6) is 0 Å². The molecule has 22 heavy (non-hydrogen) atoms. The van der Waals surface area contributed by atoms with E-state index in [0.29, 0.717) is 13.2 Å². The summed E-state index contributed by atoms with van der Waals surface area (Å²) in [6.45, 7) is 9.96. The lowest BCUT2D eigenvalue weighted by atomic mass is 9.92. The third-order valence-corrected chi connectivity index (χ3v) is 4.07. The Bertz CT molecular complexity index is 510. The number of benzene rings is 1. The summed E-state index contributed by atoms with van der Waals surface area (Å²) in [7, 11) is 0. The van der Waals surface area contributed by atoms with Crippen LogP contribution in [0.25, 0.3) is 0 Å². The second-order valence-electron chi connectivity index (χ2n) is 6.99. The molecule has 0 atom stereocenters. The van der Waals surface area contributed by atoms with Gasteiger partial charge in [-0.05, 0) is 36.1 Å². The fourth-order valence-corrected chi connectivity index (χ4v) is 2.90. The van der Waals surface area contributed by atoms with Crippen molar-refractivity contribution in [1.82, 2.24) is 0 Å². The highest BCUT2D eigenvalue weighted by Gasteiger charge is 2.30. The van der Waals surface area contributed by atoms with Crippen LogP contribution >= 0.6 is 0 Å². The quantitative estimate of drug-likeness (QED) is 0.727. The van der Waals surface area contributed by atoms with Gasteiger partial charge in [0.25, 0.3) is 0 Å². The normalized spacial score (nSPS) is 18.4. The second-order valence-corrected chi connectivity index (χ2v) is 6.99. The van der Waals surface area contributed by atoms with Gasteiger partial charge in [0.2, 0.25) is 0 Å². The summed E-state index contributed by atoms with van der Waals surface area (Å²) in [6.07, 6.45) is 4.58. The lowest BCUT2D eigenvalue weighted by Gasteiger charge is -2.35. The maximum absolute atomic E-state index is 11.4. The number of hydrogen-bond acceptors (Lipinski definition) is 3. The van der Waals surface area contributed by atoms with Gasteiger partial charge in [0.1, 0.15) is 6.29 Å². The largest absolute Gasteiger partial charge is 0.348 e. The topological polar surface area (TPSA) is 35.5 Å². The molecule has 1 aromatic rings. The summed E-state index contributed by atoms with van der Waals surface area (Å²) < 4.78 is 11.9. The van der Waals surface area contributed by atoms with E-state index in [1.165, 1.54) is 5.56 Å². The lowest BCUT2D eigenvalue weighted by Crippen LogP contribution is -2.34. The third kappa shape index (κ3) is 3.96. The first-order valence-electron chi connectivity index (χ1n) is 8.34. The molecule has 122 valence electrons. The number of carbonyl (C=O) groups excluding carboxylic acids is 1. The first-order valence-corrected chi connectivity index (χ1v) is 8.34. The van der Waals surface area contributed by atoms with Crippen molar-refractivity contribution in [3.05, 3.63) is 34.4 Å². The summed E-state index contributed by atoms with van der Waals surface area (Å²) >= 11 is 0. The van der Waals surface area contributed by atoms with Crippen molar-refractivity contribution >= 4 is 6.29 Å². The Labute approximate surface area is 134 Å². The standard InChI is InChI=1S/C19H28O3/c1-5-7-14-10-17(15(8-6-2)9-16(14)11-20)18-21-12-19(3,4)13-22-18/h9-11,18H,5-8,12-13H2,1-4H3. The average Bonchev–Trinajstić information content (AvgIpc) is 2.49. The molecule has 1 aliphatic heterocycles. The van der Waals surface area contributed by atoms with E-state index in [2.05, 4.69) is 33.8 Å². The van der Waals surface area contributed by atoms with Crippen LogP contribution < -0.4 is 0 Å². The molecule has 1 fully saturated rings. The molecule has 1 heterocycles. The molecular weight excluding hydrogens is 276 g/mol. The van der Waals surface area contributed by atoms with Crippen molar-refractivity contribution in [1.29, 1.82) is 0 Å². The van der Waals surface area contributed by atoms with E-state index in [-0.39, 0.29) is 11.7 Å². The Morgan fingerprint density at radius 2 is 1.68 bits per heavy atom. The average molecular weight is 304 g/mol. The van der Waals surface area contributed by atoms with Gasteiger partial charge in [0.05, 0.1) is 13.2 Å². The van der Waals surface area contributed by atoms with Gasteiger partial charge in [-0.3, -0.25) is 4.79 Å². The lowest BCUT2D eigenvalue weighted by molar-refractivity contribution is -0.226. The van der Waals surface area contributed by atoms with E-state index in [1.807, 2.05) is 6.07 Å². The van der Waals surface area contributed by atoms with Crippen molar-refractivity contribution < 1.29 is 14.3 Å². The molecule has 0 spiro atoms. The predicted molar refractivity (Wildman–Crippen MR) is 88.2 cm³/mol. The van der Waals surface area contributed by atoms with Gasteiger partial charge in [-0.1, -0.05) is 40.5 Å². The van der Waals surface area contributed by atoms with Gasteiger partial charge >= 0.3 is 0 Å². The first kappa shape index (κ1) is 17.2. The molecule has 0 amide bonds. The van der Waals surface area contributed by atoms with Gasteiger partial charge in [-0.25, -0.2) is 0 Å². The molecule has 3 nitrogen and oxygen atoms in total. The van der Waals surface area contributed by atoms with Gasteiger partial charge in [-0.2, -0.15) is 0 Å². The fraction of sp³-hybridized carbons (Fsp3) is 0.632. The highest BCUT2D eigenvalue weighted by molar-refractivity contribution is 5.78. The van der Waals surface area contributed by atoms with E-state index in [0.717, 1.165) is 48.7 Å². The Morgan fingerprint density at radius 3 is 2.23 bits per heavy atom. The minimum absolute atomic E-state index is 0.0659. The van der Waals surface area contributed by atoms with Gasteiger partial charge in [0, 0.05) is 16.5 Å². The van der Waals surface area contributed by atoms with E-state index in [9.17, 15) is 4.79 Å². The molecule has 0 aliphatic carbocycles. The minimum Gasteiger partial charge on any atom is -0.348 e. The predicted octanol–water partition coefficient (Wildman–Crippen LogP) is 4.48. The summed E-state index contributed by atoms with van der Waals surface area (Å²) in [5.41, 5.74) is 4.26. The Balaban J connectivity index is 2.35. The van der Waals surface area contributed by atoms with Crippen molar-refractivity contribution in [2.45, 2.75) is 59.7 Å². The molecule has 3 heteroatoms. The Kier molecular flexibility index (Phi) is 5.76. The molecule has 0 unspecified atom stereocenters. The Hall–Kier alpha value is -1.19. The number of ether oxygens (including phenoxy) is 2. The van der Waals surface area contributed by atoms with Crippen molar-refractivity contribution in [2.24, 2.45) is 5.41 Å². The monoisotopic (exact) mass is 304 g/mol. The molecular formula is C19H28O3. The van der Waals surface area contributed by atoms with Crippen LogP contribution in [-0.2, 0) is 22.3 Å². The first-order chi connectivity index (χ1) is 10.5. The van der Waals surface area contributed by atoms with Gasteiger partial charge in [0.15, 0.2) is 6.29 Å². The number of carbonyl (C=O) groups is 1. The van der Waals surface area contributed by atoms with E-state index in [4.69, 9.17) is 9.47 Å². The summed E-state index contributed by atoms with van der Waals surface area (Å²) in [5, 5.41) is 0. The fourth-order valence-electron chi connectivity index (χ4n) is 2.90. The zero-order valence-corrected chi connectivity index (χ0v) is 14.3.